The second kappa shape index (κ2) is 5.34. The molecule has 0 amide bonds. The number of benzene rings is 1. The molecular weight excluding hydrogens is 212 g/mol. The van der Waals surface area contributed by atoms with Crippen LogP contribution in [0, 0.1) is 0 Å². The van der Waals surface area contributed by atoms with Crippen LogP contribution in [0.4, 0.5) is 5.82 Å². The molecule has 2 N–H and O–H groups in total. The Morgan fingerprint density at radius 1 is 1.18 bits per heavy atom. The number of ether oxygens (including phenoxy) is 1. The van der Waals surface area contributed by atoms with Crippen LogP contribution in [0.1, 0.15) is 18.1 Å². The fraction of sp³-hybridized carbons (Fsp3) is 0.214. The van der Waals surface area contributed by atoms with E-state index in [4.69, 9.17) is 10.5 Å². The number of rotatable bonds is 4. The lowest BCUT2D eigenvalue weighted by molar-refractivity contribution is 0.340. The molecule has 1 heterocycles. The second-order valence-corrected chi connectivity index (χ2v) is 3.80. The molecule has 0 bridgehead atoms. The van der Waals surface area contributed by atoms with Crippen molar-refractivity contribution in [1.29, 1.82) is 0 Å². The van der Waals surface area contributed by atoms with Gasteiger partial charge in [-0.15, -0.1) is 0 Å². The van der Waals surface area contributed by atoms with E-state index in [1.807, 2.05) is 31.2 Å². The summed E-state index contributed by atoms with van der Waals surface area (Å²) in [5.41, 5.74) is 8.06. The lowest BCUT2D eigenvalue weighted by Gasteiger charge is -2.06. The van der Waals surface area contributed by atoms with Crippen LogP contribution in [0.5, 0.6) is 5.75 Å². The van der Waals surface area contributed by atoms with Gasteiger partial charge >= 0.3 is 0 Å². The molecule has 0 aliphatic rings. The first-order valence-corrected chi connectivity index (χ1v) is 5.70. The molecular formula is C14H16N2O. The summed E-state index contributed by atoms with van der Waals surface area (Å²) < 4.78 is 5.40. The molecule has 3 nitrogen and oxygen atoms in total. The third-order valence-electron chi connectivity index (χ3n) is 2.56. The number of nitrogens with two attached hydrogens (primary N) is 1. The van der Waals surface area contributed by atoms with E-state index in [1.54, 1.807) is 6.20 Å². The Morgan fingerprint density at radius 3 is 2.59 bits per heavy atom. The standard InChI is InChI=1S/C14H16N2O/c1-2-17-13-7-5-11(6-8-13)10-12-4-3-9-16-14(12)15/h3-9H,2,10H2,1H3,(H2,15,16). The van der Waals surface area contributed by atoms with Gasteiger partial charge in [0.2, 0.25) is 0 Å². The largest absolute Gasteiger partial charge is 0.494 e. The van der Waals surface area contributed by atoms with Crippen LogP contribution in [-0.2, 0) is 6.42 Å². The Kier molecular flexibility index (Phi) is 3.60. The third kappa shape index (κ3) is 2.97. The normalized spacial score (nSPS) is 10.2. The number of nitrogen functional groups attached to an aromatic ring is 1. The van der Waals surface area contributed by atoms with Crippen LogP contribution in [-0.4, -0.2) is 11.6 Å². The van der Waals surface area contributed by atoms with E-state index in [9.17, 15) is 0 Å². The topological polar surface area (TPSA) is 48.1 Å². The van der Waals surface area contributed by atoms with E-state index in [0.717, 1.165) is 17.7 Å². The maximum absolute atomic E-state index is 5.81. The molecule has 1 aromatic carbocycles. The molecule has 2 aromatic rings. The summed E-state index contributed by atoms with van der Waals surface area (Å²) in [4.78, 5) is 4.08. The molecule has 0 fully saturated rings. The smallest absolute Gasteiger partial charge is 0.126 e. The molecule has 1 aromatic heterocycles. The summed E-state index contributed by atoms with van der Waals surface area (Å²) in [5.74, 6) is 1.50. The Labute approximate surface area is 101 Å². The highest BCUT2D eigenvalue weighted by Gasteiger charge is 2.01. The fourth-order valence-electron chi connectivity index (χ4n) is 1.69. The van der Waals surface area contributed by atoms with Crippen molar-refractivity contribution in [1.82, 2.24) is 4.98 Å². The molecule has 88 valence electrons. The van der Waals surface area contributed by atoms with Crippen LogP contribution in [0.3, 0.4) is 0 Å². The van der Waals surface area contributed by atoms with E-state index < -0.39 is 0 Å². The lowest BCUT2D eigenvalue weighted by atomic mass is 10.1. The van der Waals surface area contributed by atoms with Gasteiger partial charge in [0.05, 0.1) is 6.61 Å². The van der Waals surface area contributed by atoms with Gasteiger partial charge in [0, 0.05) is 12.6 Å². The van der Waals surface area contributed by atoms with Crippen molar-refractivity contribution >= 4 is 5.82 Å². The average molecular weight is 228 g/mol. The molecule has 0 unspecified atom stereocenters. The van der Waals surface area contributed by atoms with E-state index in [-0.39, 0.29) is 0 Å². The van der Waals surface area contributed by atoms with Gasteiger partial charge in [-0.25, -0.2) is 4.98 Å². The van der Waals surface area contributed by atoms with Gasteiger partial charge in [0.25, 0.3) is 0 Å². The Hall–Kier alpha value is -2.03. The van der Waals surface area contributed by atoms with Crippen LogP contribution < -0.4 is 10.5 Å². The molecule has 0 saturated carbocycles. The zero-order valence-corrected chi connectivity index (χ0v) is 9.89. The van der Waals surface area contributed by atoms with Crippen molar-refractivity contribution in [3.8, 4) is 5.75 Å². The number of anilines is 1. The molecule has 0 atom stereocenters. The van der Waals surface area contributed by atoms with Gasteiger partial charge in [-0.3, -0.25) is 0 Å². The highest BCUT2D eigenvalue weighted by molar-refractivity contribution is 5.42. The van der Waals surface area contributed by atoms with Gasteiger partial charge in [0.1, 0.15) is 11.6 Å². The molecule has 0 aliphatic heterocycles. The van der Waals surface area contributed by atoms with Gasteiger partial charge in [0.15, 0.2) is 0 Å². The van der Waals surface area contributed by atoms with Crippen molar-refractivity contribution in [2.45, 2.75) is 13.3 Å². The van der Waals surface area contributed by atoms with Crippen molar-refractivity contribution < 1.29 is 4.74 Å². The maximum atomic E-state index is 5.81. The van der Waals surface area contributed by atoms with Crippen molar-refractivity contribution in [3.63, 3.8) is 0 Å². The quantitative estimate of drug-likeness (QED) is 0.875. The minimum absolute atomic E-state index is 0.599. The van der Waals surface area contributed by atoms with Crippen LogP contribution >= 0.6 is 0 Å². The van der Waals surface area contributed by atoms with Gasteiger partial charge < -0.3 is 10.5 Å². The fourth-order valence-corrected chi connectivity index (χ4v) is 1.69. The molecule has 0 saturated heterocycles. The Balaban J connectivity index is 2.11. The highest BCUT2D eigenvalue weighted by atomic mass is 16.5. The maximum Gasteiger partial charge on any atom is 0.126 e. The number of aromatic nitrogens is 1. The molecule has 0 radical (unpaired) electrons. The molecule has 0 aliphatic carbocycles. The first-order chi connectivity index (χ1) is 8.29. The minimum atomic E-state index is 0.599. The molecule has 2 rings (SSSR count). The third-order valence-corrected chi connectivity index (χ3v) is 2.56. The first-order valence-electron chi connectivity index (χ1n) is 5.70. The molecule has 17 heavy (non-hydrogen) atoms. The average Bonchev–Trinajstić information content (AvgIpc) is 2.35. The van der Waals surface area contributed by atoms with Gasteiger partial charge in [-0.2, -0.15) is 0 Å². The number of pyridine rings is 1. The zero-order valence-electron chi connectivity index (χ0n) is 9.89. The Morgan fingerprint density at radius 2 is 1.94 bits per heavy atom. The predicted octanol–water partition coefficient (Wildman–Crippen LogP) is 2.65. The monoisotopic (exact) mass is 228 g/mol. The van der Waals surface area contributed by atoms with E-state index in [0.29, 0.717) is 12.4 Å². The summed E-state index contributed by atoms with van der Waals surface area (Å²) in [7, 11) is 0. The van der Waals surface area contributed by atoms with Crippen LogP contribution in [0.25, 0.3) is 0 Å². The summed E-state index contributed by atoms with van der Waals surface area (Å²) in [6, 6.07) is 12.0. The highest BCUT2D eigenvalue weighted by Crippen LogP contribution is 2.17. The zero-order chi connectivity index (χ0) is 12.1. The minimum Gasteiger partial charge on any atom is -0.494 e. The summed E-state index contributed by atoms with van der Waals surface area (Å²) >= 11 is 0. The van der Waals surface area contributed by atoms with E-state index >= 15 is 0 Å². The second-order valence-electron chi connectivity index (χ2n) is 3.80. The van der Waals surface area contributed by atoms with E-state index in [2.05, 4.69) is 17.1 Å². The summed E-state index contributed by atoms with van der Waals surface area (Å²) in [6.07, 6.45) is 2.50. The van der Waals surface area contributed by atoms with Gasteiger partial charge in [-0.1, -0.05) is 18.2 Å². The molecule has 0 spiro atoms. The number of hydrogen-bond acceptors (Lipinski definition) is 3. The Bertz CT molecular complexity index is 480. The van der Waals surface area contributed by atoms with Crippen molar-refractivity contribution in [2.75, 3.05) is 12.3 Å². The predicted molar refractivity (Wildman–Crippen MR) is 69.1 cm³/mol. The van der Waals surface area contributed by atoms with E-state index in [1.165, 1.54) is 5.56 Å². The number of nitrogens with zero attached hydrogens (tertiary/aromatic N) is 1. The first kappa shape index (κ1) is 11.5. The van der Waals surface area contributed by atoms with Crippen LogP contribution in [0.15, 0.2) is 42.6 Å². The number of hydrogen-bond donors (Lipinski definition) is 1. The molecule has 3 heteroatoms. The lowest BCUT2D eigenvalue weighted by Crippen LogP contribution is -1.98. The SMILES string of the molecule is CCOc1ccc(Cc2cccnc2N)cc1. The van der Waals surface area contributed by atoms with Gasteiger partial charge in [-0.05, 0) is 36.2 Å². The summed E-state index contributed by atoms with van der Waals surface area (Å²) in [6.45, 7) is 2.67. The van der Waals surface area contributed by atoms with Crippen LogP contribution in [0.2, 0.25) is 0 Å². The summed E-state index contributed by atoms with van der Waals surface area (Å²) in [5, 5.41) is 0. The van der Waals surface area contributed by atoms with Crippen molar-refractivity contribution in [3.05, 3.63) is 53.7 Å². The van der Waals surface area contributed by atoms with Crippen molar-refractivity contribution in [2.24, 2.45) is 0 Å².